The van der Waals surface area contributed by atoms with Gasteiger partial charge < -0.3 is 10.6 Å². The molecule has 1 aromatic carbocycles. The van der Waals surface area contributed by atoms with E-state index in [0.717, 1.165) is 0 Å². The van der Waals surface area contributed by atoms with Crippen LogP contribution >= 0.6 is 23.2 Å². The first-order chi connectivity index (χ1) is 14.7. The summed E-state index contributed by atoms with van der Waals surface area (Å²) in [5, 5.41) is 6.68. The Kier molecular flexibility index (Phi) is 7.40. The zero-order valence-corrected chi connectivity index (χ0v) is 19.4. The normalized spacial score (nSPS) is 17.5. The highest BCUT2D eigenvalue weighted by Gasteiger charge is 2.33. The summed E-state index contributed by atoms with van der Waals surface area (Å²) in [5.41, 5.74) is 0.466. The van der Waals surface area contributed by atoms with Crippen LogP contribution in [0.5, 0.6) is 0 Å². The number of pyridine rings is 1. The number of sulfonamides is 1. The fraction of sp³-hybridized carbons (Fsp3) is 0.350. The first-order valence-electron chi connectivity index (χ1n) is 9.75. The molecule has 2 aromatic rings. The number of anilines is 1. The number of nitrogens with one attached hydrogen (secondary N) is 3. The quantitative estimate of drug-likeness (QED) is 0.499. The van der Waals surface area contributed by atoms with Crippen molar-refractivity contribution in [2.75, 3.05) is 18.4 Å². The lowest BCUT2D eigenvalue weighted by Gasteiger charge is -2.19. The number of benzene rings is 1. The molecule has 0 saturated heterocycles. The third-order valence-electron chi connectivity index (χ3n) is 4.91. The Bertz CT molecular complexity index is 1110. The Labute approximate surface area is 191 Å². The van der Waals surface area contributed by atoms with Crippen LogP contribution in [0.4, 0.5) is 5.82 Å². The summed E-state index contributed by atoms with van der Waals surface area (Å²) in [4.78, 5) is 21.6. The molecule has 0 spiro atoms. The highest BCUT2D eigenvalue weighted by atomic mass is 35.5. The van der Waals surface area contributed by atoms with Crippen LogP contribution in [0.2, 0.25) is 10.0 Å². The van der Waals surface area contributed by atoms with Crippen molar-refractivity contribution in [3.8, 4) is 0 Å². The van der Waals surface area contributed by atoms with Gasteiger partial charge in [-0.25, -0.2) is 13.4 Å². The second kappa shape index (κ2) is 9.84. The van der Waals surface area contributed by atoms with Crippen LogP contribution in [-0.4, -0.2) is 44.3 Å². The second-order valence-electron chi connectivity index (χ2n) is 7.11. The minimum atomic E-state index is -3.67. The first-order valence-corrected chi connectivity index (χ1v) is 12.0. The molecule has 1 aliphatic heterocycles. The van der Waals surface area contributed by atoms with Crippen molar-refractivity contribution < 1.29 is 13.2 Å². The molecule has 3 rings (SSSR count). The molecule has 0 aliphatic carbocycles. The Balaban J connectivity index is 1.69. The Morgan fingerprint density at radius 3 is 2.71 bits per heavy atom. The van der Waals surface area contributed by atoms with Crippen molar-refractivity contribution in [3.63, 3.8) is 0 Å². The molecule has 0 bridgehead atoms. The van der Waals surface area contributed by atoms with Crippen LogP contribution in [0.15, 0.2) is 46.4 Å². The topological polar surface area (TPSA) is 113 Å². The maximum absolute atomic E-state index is 12.8. The van der Waals surface area contributed by atoms with Gasteiger partial charge in [0, 0.05) is 24.8 Å². The maximum atomic E-state index is 12.8. The zero-order valence-electron chi connectivity index (χ0n) is 17.0. The molecule has 166 valence electrons. The number of fused-ring (bicyclic) bond motifs is 1. The van der Waals surface area contributed by atoms with E-state index >= 15 is 0 Å². The van der Waals surface area contributed by atoms with Crippen LogP contribution in [0.3, 0.4) is 0 Å². The van der Waals surface area contributed by atoms with E-state index in [-0.39, 0.29) is 22.6 Å². The highest BCUT2D eigenvalue weighted by molar-refractivity contribution is 7.90. The summed E-state index contributed by atoms with van der Waals surface area (Å²) >= 11 is 11.9. The van der Waals surface area contributed by atoms with Gasteiger partial charge in [-0.05, 0) is 24.1 Å². The van der Waals surface area contributed by atoms with E-state index in [1.807, 2.05) is 13.8 Å². The van der Waals surface area contributed by atoms with Gasteiger partial charge in [-0.2, -0.15) is 0 Å². The second-order valence-corrected chi connectivity index (χ2v) is 9.61. The van der Waals surface area contributed by atoms with Gasteiger partial charge in [0.15, 0.2) is 0 Å². The van der Waals surface area contributed by atoms with Crippen LogP contribution in [-0.2, 0) is 14.8 Å². The molecule has 1 amide bonds. The molecule has 1 aliphatic rings. The molecule has 3 N–H and O–H groups in total. The van der Waals surface area contributed by atoms with Gasteiger partial charge in [-0.3, -0.25) is 14.5 Å². The number of nitrogens with zero attached hydrogens (tertiary/aromatic N) is 2. The standard InChI is InChI=1S/C20H23Cl2N5O3S/c1-3-12(2)17(26-18-14-6-4-5-7-16(14)31(29,30)27-18)20(28)24-9-8-23-19-15(22)10-13(21)11-25-19/h4-7,10-12,17H,3,8-9H2,1-2H3,(H,23,25)(H,24,28)(H,26,27)/t12-,17-/m0/s1. The fourth-order valence-electron chi connectivity index (χ4n) is 3.05. The summed E-state index contributed by atoms with van der Waals surface area (Å²) in [6.07, 6.45) is 2.18. The fourth-order valence-corrected chi connectivity index (χ4v) is 4.74. The predicted molar refractivity (Wildman–Crippen MR) is 122 cm³/mol. The van der Waals surface area contributed by atoms with Gasteiger partial charge in [0.05, 0.1) is 14.9 Å². The van der Waals surface area contributed by atoms with E-state index in [2.05, 4.69) is 25.3 Å². The Morgan fingerprint density at radius 1 is 1.26 bits per heavy atom. The number of hydrogen-bond donors (Lipinski definition) is 3. The molecule has 0 fully saturated rings. The lowest BCUT2D eigenvalue weighted by Crippen LogP contribution is -2.41. The minimum Gasteiger partial charge on any atom is -0.367 e. The van der Waals surface area contributed by atoms with Gasteiger partial charge in [-0.15, -0.1) is 0 Å². The van der Waals surface area contributed by atoms with Crippen LogP contribution in [0.25, 0.3) is 0 Å². The number of amidine groups is 1. The number of halogens is 2. The van der Waals surface area contributed by atoms with Gasteiger partial charge in [0.1, 0.15) is 17.7 Å². The van der Waals surface area contributed by atoms with Gasteiger partial charge in [0.2, 0.25) is 5.91 Å². The molecule has 0 radical (unpaired) electrons. The third kappa shape index (κ3) is 5.47. The van der Waals surface area contributed by atoms with Crippen molar-refractivity contribution in [2.24, 2.45) is 10.9 Å². The monoisotopic (exact) mass is 483 g/mol. The number of aromatic nitrogens is 1. The molecule has 31 heavy (non-hydrogen) atoms. The van der Waals surface area contributed by atoms with Crippen molar-refractivity contribution in [3.05, 3.63) is 52.1 Å². The average molecular weight is 484 g/mol. The number of carbonyl (C=O) groups excluding carboxylic acids is 1. The van der Waals surface area contributed by atoms with E-state index in [1.165, 1.54) is 12.3 Å². The van der Waals surface area contributed by atoms with E-state index in [9.17, 15) is 13.2 Å². The van der Waals surface area contributed by atoms with Gasteiger partial charge in [-0.1, -0.05) is 55.6 Å². The maximum Gasteiger partial charge on any atom is 0.263 e. The Morgan fingerprint density at radius 2 is 2.00 bits per heavy atom. The van der Waals surface area contributed by atoms with Gasteiger partial charge >= 0.3 is 0 Å². The summed E-state index contributed by atoms with van der Waals surface area (Å²) in [7, 11) is -3.67. The van der Waals surface area contributed by atoms with Crippen LogP contribution in [0, 0.1) is 5.92 Å². The number of aliphatic imine (C=N–C) groups is 1. The van der Waals surface area contributed by atoms with Gasteiger partial charge in [0.25, 0.3) is 10.0 Å². The van der Waals surface area contributed by atoms with E-state index in [1.54, 1.807) is 24.3 Å². The van der Waals surface area contributed by atoms with Crippen molar-refractivity contribution in [2.45, 2.75) is 31.2 Å². The number of rotatable bonds is 8. The SMILES string of the molecule is CC[C@H](C)[C@H](N=C1NS(=O)(=O)c2ccccc21)C(=O)NCCNc1ncc(Cl)cc1Cl. The number of amides is 1. The Hall–Kier alpha value is -2.36. The summed E-state index contributed by atoms with van der Waals surface area (Å²) in [6, 6.07) is 7.40. The van der Waals surface area contributed by atoms with E-state index < -0.39 is 16.1 Å². The number of carbonyl (C=O) groups is 1. The van der Waals surface area contributed by atoms with E-state index in [4.69, 9.17) is 23.2 Å². The third-order valence-corrected chi connectivity index (χ3v) is 6.80. The molecule has 1 aromatic heterocycles. The van der Waals surface area contributed by atoms with Crippen LogP contribution in [0.1, 0.15) is 25.8 Å². The molecule has 2 atom stereocenters. The smallest absolute Gasteiger partial charge is 0.263 e. The summed E-state index contributed by atoms with van der Waals surface area (Å²) < 4.78 is 27.1. The zero-order chi connectivity index (χ0) is 22.6. The number of hydrogen-bond acceptors (Lipinski definition) is 6. The molecule has 2 heterocycles. The largest absolute Gasteiger partial charge is 0.367 e. The average Bonchev–Trinajstić information content (AvgIpc) is 3.00. The lowest BCUT2D eigenvalue weighted by atomic mass is 9.98. The van der Waals surface area contributed by atoms with Crippen LogP contribution < -0.4 is 15.4 Å². The molecular weight excluding hydrogens is 461 g/mol. The predicted octanol–water partition coefficient (Wildman–Crippen LogP) is 3.07. The molecule has 8 nitrogen and oxygen atoms in total. The van der Waals surface area contributed by atoms with Crippen molar-refractivity contribution >= 4 is 50.8 Å². The van der Waals surface area contributed by atoms with E-state index in [0.29, 0.717) is 40.9 Å². The summed E-state index contributed by atoms with van der Waals surface area (Å²) in [6.45, 7) is 4.55. The molecule has 0 unspecified atom stereocenters. The highest BCUT2D eigenvalue weighted by Crippen LogP contribution is 2.24. The first kappa shape index (κ1) is 23.3. The lowest BCUT2D eigenvalue weighted by molar-refractivity contribution is -0.123. The van der Waals surface area contributed by atoms with Crippen molar-refractivity contribution in [1.29, 1.82) is 0 Å². The summed E-state index contributed by atoms with van der Waals surface area (Å²) in [5.74, 6) is 0.273. The minimum absolute atomic E-state index is 0.0925. The molecule has 0 saturated carbocycles. The molecule has 11 heteroatoms. The molecular formula is C20H23Cl2N5O3S. The van der Waals surface area contributed by atoms with Crippen molar-refractivity contribution in [1.82, 2.24) is 15.0 Å².